The average molecular weight is 401 g/mol. The van der Waals surface area contributed by atoms with Gasteiger partial charge in [0.1, 0.15) is 5.65 Å². The Morgan fingerprint density at radius 1 is 1.23 bits per heavy atom. The maximum Gasteiger partial charge on any atom is 0.347 e. The van der Waals surface area contributed by atoms with E-state index >= 15 is 0 Å². The number of aromatic nitrogens is 2. The highest BCUT2D eigenvalue weighted by Crippen LogP contribution is 2.35. The molecule has 1 aromatic carbocycles. The maximum atomic E-state index is 13.1. The number of fused-ring (bicyclic) bond motifs is 2. The molecule has 1 N–H and O–H groups in total. The van der Waals surface area contributed by atoms with E-state index in [1.54, 1.807) is 25.4 Å². The van der Waals surface area contributed by atoms with Crippen LogP contribution in [-0.4, -0.2) is 33.2 Å². The Morgan fingerprint density at radius 2 is 2.00 bits per heavy atom. The highest BCUT2D eigenvalue weighted by molar-refractivity contribution is 6.26. The van der Waals surface area contributed by atoms with E-state index in [0.29, 0.717) is 18.7 Å². The third-order valence-corrected chi connectivity index (χ3v) is 5.25. The molecule has 0 bridgehead atoms. The Morgan fingerprint density at radius 3 is 2.73 bits per heavy atom. The summed E-state index contributed by atoms with van der Waals surface area (Å²) in [5.41, 5.74) is 3.70. The second-order valence-corrected chi connectivity index (χ2v) is 7.11. The lowest BCUT2D eigenvalue weighted by Gasteiger charge is -2.18. The summed E-state index contributed by atoms with van der Waals surface area (Å²) in [4.78, 5) is 35.0. The highest BCUT2D eigenvalue weighted by Gasteiger charge is 2.40. The van der Waals surface area contributed by atoms with Gasteiger partial charge in [-0.3, -0.25) is 4.79 Å². The van der Waals surface area contributed by atoms with Crippen molar-refractivity contribution < 1.29 is 19.1 Å². The molecule has 0 radical (unpaired) electrons. The second-order valence-electron chi connectivity index (χ2n) is 7.11. The molecule has 0 saturated carbocycles. The van der Waals surface area contributed by atoms with Gasteiger partial charge >= 0.3 is 5.97 Å². The monoisotopic (exact) mass is 401 g/mol. The predicted molar refractivity (Wildman–Crippen MR) is 110 cm³/mol. The van der Waals surface area contributed by atoms with E-state index in [0.717, 1.165) is 22.1 Å². The molecule has 3 aromatic rings. The minimum absolute atomic E-state index is 0.0612. The van der Waals surface area contributed by atoms with Gasteiger partial charge in [0.15, 0.2) is 11.3 Å². The van der Waals surface area contributed by atoms with Crippen LogP contribution in [0.3, 0.4) is 0 Å². The number of aromatic amines is 1. The quantitative estimate of drug-likeness (QED) is 0.410. The van der Waals surface area contributed by atoms with E-state index in [2.05, 4.69) is 9.97 Å². The average Bonchev–Trinajstić information content (AvgIpc) is 3.44. The van der Waals surface area contributed by atoms with E-state index in [-0.39, 0.29) is 23.8 Å². The molecule has 2 aliphatic rings. The van der Waals surface area contributed by atoms with Crippen molar-refractivity contribution in [1.29, 1.82) is 0 Å². The number of nitrogens with zero attached hydrogens (tertiary/aromatic N) is 2. The van der Waals surface area contributed by atoms with Crippen molar-refractivity contribution in [2.24, 2.45) is 0 Å². The molecule has 0 amide bonds. The van der Waals surface area contributed by atoms with Crippen LogP contribution < -0.4 is 0 Å². The summed E-state index contributed by atoms with van der Waals surface area (Å²) >= 11 is 0. The molecule has 5 rings (SSSR count). The molecular weight excluding hydrogens is 382 g/mol. The number of carbonyl (C=O) groups is 2. The standard InChI is InChI=1S/C23H19N3O4/c1-2-29-23(28)19-20(27)18(10-16-11-25-21-17(16)8-5-9-24-21)30-22(19)26-12-14-6-3-4-7-15(14)13-26/h3-11H,2,12-13H2,1H3,(H,24,25)/b18-10-. The number of ketones is 1. The molecule has 2 aromatic heterocycles. The predicted octanol–water partition coefficient (Wildman–Crippen LogP) is 3.29. The van der Waals surface area contributed by atoms with Crippen LogP contribution in [0.1, 0.15) is 23.6 Å². The number of benzene rings is 1. The van der Waals surface area contributed by atoms with Crippen molar-refractivity contribution >= 4 is 28.9 Å². The van der Waals surface area contributed by atoms with E-state index in [1.807, 2.05) is 41.3 Å². The summed E-state index contributed by atoms with van der Waals surface area (Å²) < 4.78 is 11.1. The second kappa shape index (κ2) is 7.18. The van der Waals surface area contributed by atoms with Crippen LogP contribution in [0.25, 0.3) is 17.1 Å². The third-order valence-electron chi connectivity index (χ3n) is 5.25. The van der Waals surface area contributed by atoms with Crippen molar-refractivity contribution in [2.45, 2.75) is 20.0 Å². The smallest absolute Gasteiger partial charge is 0.347 e. The molecule has 7 nitrogen and oxygen atoms in total. The van der Waals surface area contributed by atoms with Crippen molar-refractivity contribution in [3.05, 3.63) is 82.7 Å². The van der Waals surface area contributed by atoms with Crippen molar-refractivity contribution in [3.63, 3.8) is 0 Å². The first-order chi connectivity index (χ1) is 14.7. The number of ether oxygens (including phenoxy) is 2. The van der Waals surface area contributed by atoms with Gasteiger partial charge in [0.2, 0.25) is 11.7 Å². The molecular formula is C23H19N3O4. The van der Waals surface area contributed by atoms with E-state index in [1.165, 1.54) is 0 Å². The number of Topliss-reactive ketones (excluding diaryl/α,β-unsaturated/α-hetero) is 1. The van der Waals surface area contributed by atoms with Crippen LogP contribution in [0, 0.1) is 0 Å². The van der Waals surface area contributed by atoms with Gasteiger partial charge in [0.25, 0.3) is 0 Å². The number of rotatable bonds is 4. The Kier molecular flexibility index (Phi) is 4.35. The normalized spacial score (nSPS) is 17.0. The number of carbonyl (C=O) groups excluding carboxylic acids is 2. The number of nitrogens with one attached hydrogen (secondary N) is 1. The van der Waals surface area contributed by atoms with Gasteiger partial charge in [-0.05, 0) is 36.3 Å². The fraction of sp³-hybridized carbons (Fsp3) is 0.174. The first kappa shape index (κ1) is 18.2. The van der Waals surface area contributed by atoms with Crippen molar-refractivity contribution in [2.75, 3.05) is 6.61 Å². The molecule has 0 aliphatic carbocycles. The lowest BCUT2D eigenvalue weighted by atomic mass is 10.1. The summed E-state index contributed by atoms with van der Waals surface area (Å²) in [6.07, 6.45) is 5.09. The van der Waals surface area contributed by atoms with Gasteiger partial charge in [0.05, 0.1) is 6.61 Å². The molecule has 0 saturated heterocycles. The van der Waals surface area contributed by atoms with Gasteiger partial charge in [-0.25, -0.2) is 9.78 Å². The van der Waals surface area contributed by atoms with Crippen LogP contribution in [0.15, 0.2) is 66.0 Å². The Balaban J connectivity index is 1.52. The van der Waals surface area contributed by atoms with E-state index in [4.69, 9.17) is 9.47 Å². The van der Waals surface area contributed by atoms with Gasteiger partial charge < -0.3 is 19.4 Å². The number of allylic oxidation sites excluding steroid dienone is 1. The van der Waals surface area contributed by atoms with Gasteiger partial charge in [-0.2, -0.15) is 0 Å². The van der Waals surface area contributed by atoms with Crippen LogP contribution >= 0.6 is 0 Å². The minimum Gasteiger partial charge on any atom is -0.462 e. The zero-order valence-electron chi connectivity index (χ0n) is 16.3. The fourth-order valence-corrected chi connectivity index (χ4v) is 3.84. The Labute approximate surface area is 172 Å². The highest BCUT2D eigenvalue weighted by atomic mass is 16.5. The molecule has 0 fully saturated rings. The summed E-state index contributed by atoms with van der Waals surface area (Å²) in [5.74, 6) is -0.803. The molecule has 4 heterocycles. The summed E-state index contributed by atoms with van der Waals surface area (Å²) in [7, 11) is 0. The molecule has 0 unspecified atom stereocenters. The summed E-state index contributed by atoms with van der Waals surface area (Å²) in [6.45, 7) is 3.01. The van der Waals surface area contributed by atoms with E-state index < -0.39 is 11.8 Å². The number of H-pyrrole nitrogens is 1. The van der Waals surface area contributed by atoms with Crippen molar-refractivity contribution in [1.82, 2.24) is 14.9 Å². The SMILES string of the molecule is CCOC(=O)C1=C(N2Cc3ccccc3C2)O/C(=C\c2c[nH]c3ncccc23)C1=O. The summed E-state index contributed by atoms with van der Waals surface area (Å²) in [5, 5.41) is 0.862. The fourth-order valence-electron chi connectivity index (χ4n) is 3.84. The van der Waals surface area contributed by atoms with Crippen LogP contribution in [-0.2, 0) is 32.2 Å². The summed E-state index contributed by atoms with van der Waals surface area (Å²) in [6, 6.07) is 11.7. The largest absolute Gasteiger partial charge is 0.462 e. The molecule has 0 atom stereocenters. The molecule has 30 heavy (non-hydrogen) atoms. The van der Waals surface area contributed by atoms with Crippen LogP contribution in [0.5, 0.6) is 0 Å². The number of esters is 1. The Hall–Kier alpha value is -3.87. The Bertz CT molecular complexity index is 1210. The number of hydrogen-bond acceptors (Lipinski definition) is 6. The van der Waals surface area contributed by atoms with Crippen molar-refractivity contribution in [3.8, 4) is 0 Å². The zero-order chi connectivity index (χ0) is 20.7. The maximum absolute atomic E-state index is 13.1. The first-order valence-electron chi connectivity index (χ1n) is 9.75. The van der Waals surface area contributed by atoms with Crippen LogP contribution in [0.2, 0.25) is 0 Å². The zero-order valence-corrected chi connectivity index (χ0v) is 16.3. The van der Waals surface area contributed by atoms with Gasteiger partial charge in [0, 0.05) is 36.4 Å². The number of pyridine rings is 1. The number of hydrogen-bond donors (Lipinski definition) is 1. The van der Waals surface area contributed by atoms with Gasteiger partial charge in [-0.15, -0.1) is 0 Å². The lowest BCUT2D eigenvalue weighted by molar-refractivity contribution is -0.139. The minimum atomic E-state index is -0.669. The van der Waals surface area contributed by atoms with Gasteiger partial charge in [-0.1, -0.05) is 24.3 Å². The molecule has 2 aliphatic heterocycles. The topological polar surface area (TPSA) is 84.5 Å². The van der Waals surface area contributed by atoms with E-state index in [9.17, 15) is 9.59 Å². The lowest BCUT2D eigenvalue weighted by Crippen LogP contribution is -2.21. The first-order valence-corrected chi connectivity index (χ1v) is 9.75. The molecule has 0 spiro atoms. The van der Waals surface area contributed by atoms with Crippen LogP contribution in [0.4, 0.5) is 0 Å². The molecule has 150 valence electrons. The molecule has 7 heteroatoms. The third kappa shape index (κ3) is 2.95.